The number of fused-ring (bicyclic) bond motifs is 2. The van der Waals surface area contributed by atoms with Gasteiger partial charge in [-0.25, -0.2) is 19.0 Å². The van der Waals surface area contributed by atoms with Crippen molar-refractivity contribution in [2.24, 2.45) is 0 Å². The summed E-state index contributed by atoms with van der Waals surface area (Å²) in [5, 5.41) is 7.01. The lowest BCUT2D eigenvalue weighted by Crippen LogP contribution is -2.47. The van der Waals surface area contributed by atoms with Crippen LogP contribution < -0.4 is 26.5 Å². The molecule has 1 aliphatic carbocycles. The molecule has 2 aromatic carbocycles. The van der Waals surface area contributed by atoms with Gasteiger partial charge in [0, 0.05) is 16.5 Å². The molecule has 3 aromatic heterocycles. The van der Waals surface area contributed by atoms with E-state index < -0.39 is 11.9 Å². The summed E-state index contributed by atoms with van der Waals surface area (Å²) in [6, 6.07) is 15.9. The topological polar surface area (TPSA) is 101 Å². The standard InChI is InChI=1S/C31H29FN6O2/c1-18(2)40-26-14-13-21(15-24(26)32)28-27-29(33)34-17-35-30(27)38(36-28)19(3)25-16-20-9-7-8-12-23(20)31(39)37(25)22-10-5-4-6-11-22/h4-6,9-19H,7-8H2,1-3H3,(H2,33,34,35). The van der Waals surface area contributed by atoms with Crippen LogP contribution in [0.3, 0.4) is 0 Å². The Labute approximate surface area is 229 Å². The monoisotopic (exact) mass is 536 g/mol. The molecule has 0 radical (unpaired) electrons. The third-order valence-electron chi connectivity index (χ3n) is 7.08. The van der Waals surface area contributed by atoms with Gasteiger partial charge in [-0.2, -0.15) is 5.10 Å². The van der Waals surface area contributed by atoms with Crippen molar-refractivity contribution in [1.82, 2.24) is 24.3 Å². The van der Waals surface area contributed by atoms with Crippen LogP contribution in [0.15, 0.2) is 65.7 Å². The molecule has 2 N–H and O–H groups in total. The Morgan fingerprint density at radius 3 is 2.52 bits per heavy atom. The van der Waals surface area contributed by atoms with Crippen LogP contribution in [0, 0.1) is 5.82 Å². The number of nitrogens with two attached hydrogens (primary N) is 1. The van der Waals surface area contributed by atoms with Crippen LogP contribution in [0.5, 0.6) is 5.75 Å². The molecule has 0 saturated carbocycles. The second-order valence-electron chi connectivity index (χ2n) is 10.1. The summed E-state index contributed by atoms with van der Waals surface area (Å²) >= 11 is 0. The smallest absolute Gasteiger partial charge is 0.262 e. The number of rotatable bonds is 6. The minimum Gasteiger partial charge on any atom is -0.488 e. The van der Waals surface area contributed by atoms with Gasteiger partial charge in [-0.15, -0.1) is 0 Å². The molecule has 5 aromatic rings. The van der Waals surface area contributed by atoms with Gasteiger partial charge in [-0.05, 0) is 75.2 Å². The molecule has 0 saturated heterocycles. The summed E-state index contributed by atoms with van der Waals surface area (Å²) in [6.07, 6.45) is 7.01. The highest BCUT2D eigenvalue weighted by Crippen LogP contribution is 2.34. The number of nitrogen functional groups attached to an aromatic ring is 1. The van der Waals surface area contributed by atoms with Gasteiger partial charge in [0.05, 0.1) is 23.2 Å². The number of hydrogen-bond donors (Lipinski definition) is 1. The van der Waals surface area contributed by atoms with Crippen LogP contribution in [0.25, 0.3) is 40.1 Å². The minimum absolute atomic E-state index is 0.0878. The molecule has 1 atom stereocenters. The summed E-state index contributed by atoms with van der Waals surface area (Å²) < 4.78 is 24.0. The highest BCUT2D eigenvalue weighted by atomic mass is 19.1. The van der Waals surface area contributed by atoms with Gasteiger partial charge in [-0.3, -0.25) is 9.36 Å². The number of hydrogen-bond acceptors (Lipinski definition) is 6. The van der Waals surface area contributed by atoms with Crippen molar-refractivity contribution in [2.75, 3.05) is 5.73 Å². The first-order valence-corrected chi connectivity index (χ1v) is 13.3. The first-order chi connectivity index (χ1) is 19.3. The van der Waals surface area contributed by atoms with Crippen molar-refractivity contribution < 1.29 is 9.13 Å². The Balaban J connectivity index is 1.58. The molecule has 0 aliphatic heterocycles. The van der Waals surface area contributed by atoms with Gasteiger partial charge in [0.15, 0.2) is 17.2 Å². The van der Waals surface area contributed by atoms with Crippen LogP contribution >= 0.6 is 0 Å². The number of halogens is 1. The molecule has 8 nitrogen and oxygen atoms in total. The Bertz CT molecular complexity index is 1930. The van der Waals surface area contributed by atoms with E-state index >= 15 is 4.39 Å². The molecular formula is C31H29FN6O2. The van der Waals surface area contributed by atoms with Gasteiger partial charge in [0.25, 0.3) is 5.56 Å². The first kappa shape index (κ1) is 25.5. The molecule has 0 amide bonds. The lowest BCUT2D eigenvalue weighted by molar-refractivity contribution is 0.231. The number of pyridine rings is 1. The molecule has 0 fully saturated rings. The lowest BCUT2D eigenvalue weighted by Gasteiger charge is -2.20. The van der Waals surface area contributed by atoms with Crippen LogP contribution in [0.2, 0.25) is 0 Å². The van der Waals surface area contributed by atoms with Crippen molar-refractivity contribution in [1.29, 1.82) is 0 Å². The molecule has 0 bridgehead atoms. The Morgan fingerprint density at radius 1 is 1.00 bits per heavy atom. The van der Waals surface area contributed by atoms with Crippen molar-refractivity contribution >= 4 is 29.0 Å². The molecule has 1 aliphatic rings. The molecule has 0 spiro atoms. The van der Waals surface area contributed by atoms with Crippen molar-refractivity contribution in [3.8, 4) is 22.7 Å². The predicted octanol–water partition coefficient (Wildman–Crippen LogP) is 4.12. The van der Waals surface area contributed by atoms with E-state index in [1.807, 2.05) is 63.2 Å². The molecule has 3 heterocycles. The average Bonchev–Trinajstić information content (AvgIpc) is 3.35. The fraction of sp³-hybridized carbons (Fsp3) is 0.226. The lowest BCUT2D eigenvalue weighted by atomic mass is 10.1. The summed E-state index contributed by atoms with van der Waals surface area (Å²) in [4.78, 5) is 22.5. The van der Waals surface area contributed by atoms with E-state index in [9.17, 15) is 4.79 Å². The van der Waals surface area contributed by atoms with E-state index in [-0.39, 0.29) is 23.2 Å². The summed E-state index contributed by atoms with van der Waals surface area (Å²) in [5.74, 6) is -0.110. The van der Waals surface area contributed by atoms with E-state index in [0.29, 0.717) is 27.5 Å². The molecular weight excluding hydrogens is 507 g/mol. The van der Waals surface area contributed by atoms with E-state index in [0.717, 1.165) is 29.4 Å². The fourth-order valence-electron chi connectivity index (χ4n) is 5.24. The van der Waals surface area contributed by atoms with E-state index in [2.05, 4.69) is 16.0 Å². The molecule has 1 unspecified atom stereocenters. The second kappa shape index (κ2) is 10.1. The van der Waals surface area contributed by atoms with Crippen molar-refractivity contribution in [3.05, 3.63) is 93.2 Å². The van der Waals surface area contributed by atoms with Gasteiger partial charge < -0.3 is 10.5 Å². The van der Waals surface area contributed by atoms with Gasteiger partial charge in [0.1, 0.15) is 17.8 Å². The molecule has 6 rings (SSSR count). The quantitative estimate of drug-likeness (QED) is 0.351. The van der Waals surface area contributed by atoms with E-state index in [1.165, 1.54) is 12.4 Å². The van der Waals surface area contributed by atoms with Crippen LogP contribution in [0.4, 0.5) is 10.2 Å². The zero-order valence-electron chi connectivity index (χ0n) is 22.5. The highest BCUT2D eigenvalue weighted by molar-refractivity contribution is 5.98. The highest BCUT2D eigenvalue weighted by Gasteiger charge is 2.24. The predicted molar refractivity (Wildman–Crippen MR) is 154 cm³/mol. The number of ether oxygens (including phenoxy) is 1. The number of aromatic nitrogens is 5. The zero-order valence-corrected chi connectivity index (χ0v) is 22.5. The Kier molecular flexibility index (Phi) is 6.42. The minimum atomic E-state index is -0.503. The maximum Gasteiger partial charge on any atom is 0.262 e. The third kappa shape index (κ3) is 4.33. The second-order valence-corrected chi connectivity index (χ2v) is 10.1. The number of nitrogens with zero attached hydrogens (tertiary/aromatic N) is 5. The maximum atomic E-state index is 15.0. The average molecular weight is 537 g/mol. The zero-order chi connectivity index (χ0) is 28.0. The number of benzene rings is 2. The van der Waals surface area contributed by atoms with Gasteiger partial charge >= 0.3 is 0 Å². The number of para-hydroxylation sites is 1. The maximum absolute atomic E-state index is 15.0. The summed E-state index contributed by atoms with van der Waals surface area (Å²) in [6.45, 7) is 5.64. The summed E-state index contributed by atoms with van der Waals surface area (Å²) in [5.41, 5.74) is 9.18. The normalized spacial score (nSPS) is 13.5. The van der Waals surface area contributed by atoms with Gasteiger partial charge in [-0.1, -0.05) is 30.4 Å². The van der Waals surface area contributed by atoms with Gasteiger partial charge in [0.2, 0.25) is 0 Å². The SMILES string of the molecule is CC(C)Oc1ccc(-c2nn(C(C)c3cc4c(c(=O)n3-c3ccccc3)=CCCC=4)c3ncnc(N)c23)cc1F. The van der Waals surface area contributed by atoms with Crippen LogP contribution in [-0.2, 0) is 0 Å². The van der Waals surface area contributed by atoms with E-state index in [4.69, 9.17) is 15.6 Å². The fourth-order valence-corrected chi connectivity index (χ4v) is 5.24. The Hall–Kier alpha value is -4.79. The number of anilines is 1. The van der Waals surface area contributed by atoms with Crippen molar-refractivity contribution in [2.45, 2.75) is 45.8 Å². The summed E-state index contributed by atoms with van der Waals surface area (Å²) in [7, 11) is 0. The van der Waals surface area contributed by atoms with E-state index in [1.54, 1.807) is 21.4 Å². The Morgan fingerprint density at radius 2 is 1.77 bits per heavy atom. The molecule has 40 heavy (non-hydrogen) atoms. The molecule has 202 valence electrons. The van der Waals surface area contributed by atoms with Crippen molar-refractivity contribution in [3.63, 3.8) is 0 Å². The largest absolute Gasteiger partial charge is 0.488 e. The molecule has 9 heteroatoms. The van der Waals surface area contributed by atoms with Crippen LogP contribution in [-0.4, -0.2) is 30.4 Å². The third-order valence-corrected chi connectivity index (χ3v) is 7.08. The van der Waals surface area contributed by atoms with Crippen LogP contribution in [0.1, 0.15) is 45.3 Å². The first-order valence-electron chi connectivity index (χ1n) is 13.3.